The van der Waals surface area contributed by atoms with Crippen molar-refractivity contribution in [1.29, 1.82) is 0 Å². The zero-order valence-electron chi connectivity index (χ0n) is 11.6. The molecule has 1 aliphatic carbocycles. The fourth-order valence-corrected chi connectivity index (χ4v) is 2.86. The van der Waals surface area contributed by atoms with Crippen molar-refractivity contribution in [3.63, 3.8) is 0 Å². The molecule has 0 fully saturated rings. The molecule has 1 atom stereocenters. The SMILES string of the molecule is Cc1ccc(C(=O)C2CCCc3cccnc32)cc1N. The minimum Gasteiger partial charge on any atom is -0.398 e. The number of anilines is 1. The molecule has 3 heteroatoms. The van der Waals surface area contributed by atoms with E-state index in [-0.39, 0.29) is 11.7 Å². The number of carbonyl (C=O) groups excluding carboxylic acids is 1. The van der Waals surface area contributed by atoms with Gasteiger partial charge in [-0.15, -0.1) is 0 Å². The molecule has 0 saturated carbocycles. The van der Waals surface area contributed by atoms with Crippen LogP contribution in [0.15, 0.2) is 36.5 Å². The Hall–Kier alpha value is -2.16. The maximum atomic E-state index is 12.7. The van der Waals surface area contributed by atoms with E-state index in [1.807, 2.05) is 25.1 Å². The number of aromatic nitrogens is 1. The number of benzene rings is 1. The van der Waals surface area contributed by atoms with Crippen LogP contribution in [0.25, 0.3) is 0 Å². The summed E-state index contributed by atoms with van der Waals surface area (Å²) >= 11 is 0. The van der Waals surface area contributed by atoms with Gasteiger partial charge in [0.05, 0.1) is 11.6 Å². The van der Waals surface area contributed by atoms with Crippen molar-refractivity contribution in [2.45, 2.75) is 32.1 Å². The van der Waals surface area contributed by atoms with Crippen molar-refractivity contribution in [1.82, 2.24) is 4.98 Å². The van der Waals surface area contributed by atoms with Gasteiger partial charge in [-0.25, -0.2) is 0 Å². The zero-order chi connectivity index (χ0) is 14.1. The van der Waals surface area contributed by atoms with Gasteiger partial charge in [-0.3, -0.25) is 9.78 Å². The van der Waals surface area contributed by atoms with Gasteiger partial charge in [-0.05, 0) is 49.4 Å². The summed E-state index contributed by atoms with van der Waals surface area (Å²) in [6, 6.07) is 9.58. The van der Waals surface area contributed by atoms with Crippen molar-refractivity contribution in [2.75, 3.05) is 5.73 Å². The molecule has 0 spiro atoms. The van der Waals surface area contributed by atoms with Crippen molar-refractivity contribution in [3.8, 4) is 0 Å². The van der Waals surface area contributed by atoms with Gasteiger partial charge in [0.15, 0.2) is 5.78 Å². The summed E-state index contributed by atoms with van der Waals surface area (Å²) in [5.74, 6) is 0.0124. The lowest BCUT2D eigenvalue weighted by atomic mass is 9.82. The summed E-state index contributed by atoms with van der Waals surface area (Å²) in [5, 5.41) is 0. The molecule has 1 aliphatic rings. The topological polar surface area (TPSA) is 56.0 Å². The Morgan fingerprint density at radius 3 is 3.00 bits per heavy atom. The van der Waals surface area contributed by atoms with Crippen LogP contribution in [0.5, 0.6) is 0 Å². The lowest BCUT2D eigenvalue weighted by Gasteiger charge is -2.23. The van der Waals surface area contributed by atoms with E-state index in [2.05, 4.69) is 11.1 Å². The zero-order valence-corrected chi connectivity index (χ0v) is 11.6. The summed E-state index contributed by atoms with van der Waals surface area (Å²) < 4.78 is 0. The molecule has 1 unspecified atom stereocenters. The fourth-order valence-electron chi connectivity index (χ4n) is 2.86. The molecule has 0 aliphatic heterocycles. The highest BCUT2D eigenvalue weighted by molar-refractivity contribution is 6.01. The van der Waals surface area contributed by atoms with Gasteiger partial charge >= 0.3 is 0 Å². The smallest absolute Gasteiger partial charge is 0.171 e. The predicted octanol–water partition coefficient (Wildman–Crippen LogP) is 3.28. The largest absolute Gasteiger partial charge is 0.398 e. The second kappa shape index (κ2) is 5.08. The van der Waals surface area contributed by atoms with Gasteiger partial charge in [0.1, 0.15) is 0 Å². The van der Waals surface area contributed by atoms with E-state index >= 15 is 0 Å². The molecule has 0 bridgehead atoms. The molecule has 20 heavy (non-hydrogen) atoms. The second-order valence-corrected chi connectivity index (χ2v) is 5.43. The van der Waals surface area contributed by atoms with Crippen LogP contribution in [0, 0.1) is 6.92 Å². The molecule has 102 valence electrons. The van der Waals surface area contributed by atoms with Gasteiger partial charge < -0.3 is 5.73 Å². The highest BCUT2D eigenvalue weighted by Gasteiger charge is 2.28. The first-order valence-electron chi connectivity index (χ1n) is 7.01. The van der Waals surface area contributed by atoms with Gasteiger partial charge in [0, 0.05) is 17.4 Å². The lowest BCUT2D eigenvalue weighted by Crippen LogP contribution is -2.20. The van der Waals surface area contributed by atoms with Crippen molar-refractivity contribution < 1.29 is 4.79 Å². The lowest BCUT2D eigenvalue weighted by molar-refractivity contribution is 0.0949. The van der Waals surface area contributed by atoms with E-state index in [4.69, 9.17) is 5.73 Å². The first-order chi connectivity index (χ1) is 9.66. The van der Waals surface area contributed by atoms with Crippen molar-refractivity contribution >= 4 is 11.5 Å². The summed E-state index contributed by atoms with van der Waals surface area (Å²) in [6.07, 6.45) is 4.70. The molecule has 1 aromatic heterocycles. The van der Waals surface area contributed by atoms with Crippen molar-refractivity contribution in [3.05, 3.63) is 58.9 Å². The fraction of sp³-hybridized carbons (Fsp3) is 0.294. The third-order valence-electron chi connectivity index (χ3n) is 4.08. The molecule has 0 amide bonds. The third kappa shape index (κ3) is 2.20. The number of Topliss-reactive ketones (excluding diaryl/α,β-unsaturated/α-hetero) is 1. The summed E-state index contributed by atoms with van der Waals surface area (Å²) in [7, 11) is 0. The van der Waals surface area contributed by atoms with Crippen LogP contribution in [0.1, 0.15) is 45.9 Å². The minimum absolute atomic E-state index is 0.123. The van der Waals surface area contributed by atoms with E-state index in [0.717, 1.165) is 30.5 Å². The third-order valence-corrected chi connectivity index (χ3v) is 4.08. The molecule has 3 nitrogen and oxygen atoms in total. The van der Waals surface area contributed by atoms with Crippen LogP contribution in [0.3, 0.4) is 0 Å². The van der Waals surface area contributed by atoms with Crippen LogP contribution >= 0.6 is 0 Å². The van der Waals surface area contributed by atoms with Gasteiger partial charge in [0.2, 0.25) is 0 Å². The number of nitrogen functional groups attached to an aromatic ring is 1. The summed E-state index contributed by atoms with van der Waals surface area (Å²) in [4.78, 5) is 17.2. The number of carbonyl (C=O) groups is 1. The Morgan fingerprint density at radius 1 is 1.35 bits per heavy atom. The highest BCUT2D eigenvalue weighted by atomic mass is 16.1. The number of pyridine rings is 1. The summed E-state index contributed by atoms with van der Waals surface area (Å²) in [5.41, 5.74) is 10.4. The molecule has 2 N–H and O–H groups in total. The standard InChI is InChI=1S/C17H18N2O/c1-11-7-8-13(10-15(11)18)17(20)14-6-2-4-12-5-3-9-19-16(12)14/h3,5,7-10,14H,2,4,6,18H2,1H3. The Balaban J connectivity index is 1.97. The first-order valence-corrected chi connectivity index (χ1v) is 7.01. The van der Waals surface area contributed by atoms with Crippen LogP contribution < -0.4 is 5.73 Å². The van der Waals surface area contributed by atoms with Gasteiger partial charge in [-0.2, -0.15) is 0 Å². The number of rotatable bonds is 2. The average Bonchev–Trinajstić information content (AvgIpc) is 2.49. The van der Waals surface area contributed by atoms with E-state index < -0.39 is 0 Å². The van der Waals surface area contributed by atoms with E-state index in [0.29, 0.717) is 11.3 Å². The number of hydrogen-bond donors (Lipinski definition) is 1. The van der Waals surface area contributed by atoms with Crippen molar-refractivity contribution in [2.24, 2.45) is 0 Å². The number of nitrogens with zero attached hydrogens (tertiary/aromatic N) is 1. The van der Waals surface area contributed by atoms with Gasteiger partial charge in [0.25, 0.3) is 0 Å². The summed E-state index contributed by atoms with van der Waals surface area (Å²) in [6.45, 7) is 1.95. The maximum Gasteiger partial charge on any atom is 0.171 e. The van der Waals surface area contributed by atoms with Crippen LogP contribution in [-0.4, -0.2) is 10.8 Å². The Bertz CT molecular complexity index is 664. The van der Waals surface area contributed by atoms with E-state index in [1.165, 1.54) is 5.56 Å². The monoisotopic (exact) mass is 266 g/mol. The molecule has 0 saturated heterocycles. The highest BCUT2D eigenvalue weighted by Crippen LogP contribution is 2.32. The predicted molar refractivity (Wildman–Crippen MR) is 79.8 cm³/mol. The molecule has 1 heterocycles. The number of aryl methyl sites for hydroxylation is 2. The molecule has 3 rings (SSSR count). The Morgan fingerprint density at radius 2 is 2.20 bits per heavy atom. The van der Waals surface area contributed by atoms with Crippen LogP contribution in [-0.2, 0) is 6.42 Å². The first kappa shape index (κ1) is 12.9. The number of fused-ring (bicyclic) bond motifs is 1. The number of hydrogen-bond acceptors (Lipinski definition) is 3. The van der Waals surface area contributed by atoms with Crippen LogP contribution in [0.2, 0.25) is 0 Å². The maximum absolute atomic E-state index is 12.7. The minimum atomic E-state index is -0.123. The number of nitrogens with two attached hydrogens (primary N) is 1. The van der Waals surface area contributed by atoms with E-state index in [1.54, 1.807) is 12.3 Å². The normalized spacial score (nSPS) is 17.6. The molecule has 2 aromatic rings. The molecule has 1 aromatic carbocycles. The quantitative estimate of drug-likeness (QED) is 0.670. The second-order valence-electron chi connectivity index (χ2n) is 5.43. The molecular weight excluding hydrogens is 248 g/mol. The Kier molecular flexibility index (Phi) is 3.26. The molecule has 0 radical (unpaired) electrons. The Labute approximate surface area is 118 Å². The van der Waals surface area contributed by atoms with Crippen LogP contribution in [0.4, 0.5) is 5.69 Å². The average molecular weight is 266 g/mol. The van der Waals surface area contributed by atoms with E-state index in [9.17, 15) is 4.79 Å². The number of ketones is 1. The molecular formula is C17H18N2O. The van der Waals surface area contributed by atoms with Gasteiger partial charge in [-0.1, -0.05) is 18.2 Å².